The first-order valence-corrected chi connectivity index (χ1v) is 11.2. The van der Waals surface area contributed by atoms with Gasteiger partial charge in [-0.2, -0.15) is 0 Å². The Morgan fingerprint density at radius 2 is 1.77 bits per heavy atom. The van der Waals surface area contributed by atoms with Gasteiger partial charge in [0, 0.05) is 0 Å². The van der Waals surface area contributed by atoms with Gasteiger partial charge in [-0.1, -0.05) is 0 Å². The number of rotatable bonds is 2. The summed E-state index contributed by atoms with van der Waals surface area (Å²) >= 11 is -1.09. The molecule has 1 fully saturated rings. The van der Waals surface area contributed by atoms with Crippen LogP contribution < -0.4 is 5.32 Å². The molecular weight excluding hydrogens is 235 g/mol. The van der Waals surface area contributed by atoms with E-state index in [1.165, 1.54) is 16.3 Å². The second kappa shape index (κ2) is 5.24. The standard InChI is InChI=1S/C7H7.C4H9N.Y/c1-7-5-3-2-4-6-7;1-3-5-4-2;/h2-6H,1H2;5H,1-4H2;. The Bertz CT molecular complexity index is 242. The van der Waals surface area contributed by atoms with Crippen molar-refractivity contribution in [1.82, 2.24) is 5.32 Å². The van der Waals surface area contributed by atoms with Gasteiger partial charge in [-0.05, 0) is 0 Å². The summed E-state index contributed by atoms with van der Waals surface area (Å²) in [6.45, 7) is 2.60. The summed E-state index contributed by atoms with van der Waals surface area (Å²) in [6, 6.07) is 11.0. The van der Waals surface area contributed by atoms with Crippen LogP contribution in [-0.4, -0.2) is 13.1 Å². The van der Waals surface area contributed by atoms with Gasteiger partial charge in [0.05, 0.1) is 0 Å². The predicted molar refractivity (Wildman–Crippen MR) is 52.6 cm³/mol. The summed E-state index contributed by atoms with van der Waals surface area (Å²) in [7, 11) is 0. The Balaban J connectivity index is 1.90. The fraction of sp³-hybridized carbons (Fsp3) is 0.455. The van der Waals surface area contributed by atoms with Crippen LogP contribution in [-0.2, 0) is 30.7 Å². The van der Waals surface area contributed by atoms with Crippen molar-refractivity contribution >= 4 is 0 Å². The normalized spacial score (nSPS) is 17.4. The molecular formula is C11H16NY. The van der Waals surface area contributed by atoms with Gasteiger partial charge in [0.15, 0.2) is 0 Å². The van der Waals surface area contributed by atoms with Crippen molar-refractivity contribution in [2.75, 3.05) is 13.1 Å². The van der Waals surface area contributed by atoms with Crippen molar-refractivity contribution in [3.05, 3.63) is 35.9 Å². The van der Waals surface area contributed by atoms with Crippen LogP contribution in [0, 0.1) is 0 Å². The van der Waals surface area contributed by atoms with Crippen molar-refractivity contribution in [3.63, 3.8) is 0 Å². The van der Waals surface area contributed by atoms with E-state index in [1.807, 2.05) is 0 Å². The molecule has 1 nitrogen and oxygen atoms in total. The quantitative estimate of drug-likeness (QED) is 0.850. The first-order valence-electron chi connectivity index (χ1n) is 5.20. The third-order valence-corrected chi connectivity index (χ3v) is 10.8. The summed E-state index contributed by atoms with van der Waals surface area (Å²) in [4.78, 5) is 0. The van der Waals surface area contributed by atoms with E-state index >= 15 is 0 Å². The molecule has 1 aliphatic rings. The molecule has 0 spiro atoms. The molecule has 0 saturated carbocycles. The van der Waals surface area contributed by atoms with Crippen molar-refractivity contribution in [1.29, 1.82) is 0 Å². The first-order chi connectivity index (χ1) is 6.45. The number of hydrogen-bond donors (Lipinski definition) is 1. The van der Waals surface area contributed by atoms with Crippen LogP contribution in [0.25, 0.3) is 0 Å². The fourth-order valence-corrected chi connectivity index (χ4v) is 9.06. The van der Waals surface area contributed by atoms with Gasteiger partial charge in [-0.15, -0.1) is 0 Å². The van der Waals surface area contributed by atoms with Crippen molar-refractivity contribution in [3.8, 4) is 0 Å². The molecule has 1 aliphatic heterocycles. The molecule has 0 unspecified atom stereocenters. The summed E-state index contributed by atoms with van der Waals surface area (Å²) in [5, 5.41) is 3.45. The van der Waals surface area contributed by atoms with Gasteiger partial charge in [0.1, 0.15) is 0 Å². The molecule has 0 atom stereocenters. The van der Waals surface area contributed by atoms with Crippen LogP contribution in [0.3, 0.4) is 0 Å². The molecule has 1 aromatic carbocycles. The Labute approximate surface area is 90.9 Å². The van der Waals surface area contributed by atoms with E-state index in [1.54, 1.807) is 12.0 Å². The van der Waals surface area contributed by atoms with E-state index in [2.05, 4.69) is 35.6 Å². The van der Waals surface area contributed by atoms with Gasteiger partial charge in [0.25, 0.3) is 0 Å². The molecule has 1 saturated heterocycles. The molecule has 1 heterocycles. The summed E-state index contributed by atoms with van der Waals surface area (Å²) in [6.07, 6.45) is 0. The van der Waals surface area contributed by atoms with E-state index in [4.69, 9.17) is 0 Å². The van der Waals surface area contributed by atoms with E-state index < -0.39 is 27.4 Å². The Morgan fingerprint density at radius 3 is 2.46 bits per heavy atom. The van der Waals surface area contributed by atoms with Gasteiger partial charge in [-0.25, -0.2) is 0 Å². The molecule has 2 rings (SSSR count). The second-order valence-electron chi connectivity index (χ2n) is 3.88. The average Bonchev–Trinajstić information content (AvgIpc) is 2.21. The number of hydrogen-bond acceptors (Lipinski definition) is 1. The first kappa shape index (κ1) is 9.82. The summed E-state index contributed by atoms with van der Waals surface area (Å²) in [5.41, 5.74) is 1.59. The Kier molecular flexibility index (Phi) is 3.96. The fourth-order valence-electron chi connectivity index (χ4n) is 2.03. The van der Waals surface area contributed by atoms with Crippen molar-refractivity contribution < 1.29 is 27.4 Å². The monoisotopic (exact) mass is 251 g/mol. The molecule has 13 heavy (non-hydrogen) atoms. The zero-order chi connectivity index (χ0) is 8.93. The maximum atomic E-state index is 3.45. The van der Waals surface area contributed by atoms with Crippen LogP contribution in [0.2, 0.25) is 6.46 Å². The van der Waals surface area contributed by atoms with Crippen LogP contribution >= 0.6 is 0 Å². The number of benzene rings is 1. The van der Waals surface area contributed by atoms with E-state index in [9.17, 15) is 0 Å². The van der Waals surface area contributed by atoms with Crippen LogP contribution in [0.4, 0.5) is 0 Å². The van der Waals surface area contributed by atoms with Crippen LogP contribution in [0.5, 0.6) is 0 Å². The van der Waals surface area contributed by atoms with E-state index in [-0.39, 0.29) is 0 Å². The molecule has 0 aliphatic carbocycles. The molecule has 1 N–H and O–H groups in total. The van der Waals surface area contributed by atoms with Crippen LogP contribution in [0.15, 0.2) is 30.3 Å². The second-order valence-corrected chi connectivity index (χ2v) is 12.0. The zero-order valence-electron chi connectivity index (χ0n) is 8.00. The van der Waals surface area contributed by atoms with E-state index in [0.29, 0.717) is 0 Å². The molecule has 2 heteroatoms. The van der Waals surface area contributed by atoms with Gasteiger partial charge < -0.3 is 0 Å². The minimum atomic E-state index is -1.09. The molecule has 0 aromatic heterocycles. The van der Waals surface area contributed by atoms with Gasteiger partial charge >= 0.3 is 91.4 Å². The van der Waals surface area contributed by atoms with Gasteiger partial charge in [-0.3, -0.25) is 0 Å². The van der Waals surface area contributed by atoms with Crippen LogP contribution in [0.1, 0.15) is 5.56 Å². The SMILES string of the molecule is c1ccc([CH2][Y]2[CH2]CNC[CH2]2)cc1. The molecule has 0 amide bonds. The zero-order valence-corrected chi connectivity index (χ0v) is 10.8. The van der Waals surface area contributed by atoms with Crippen molar-refractivity contribution in [2.45, 2.75) is 9.69 Å². The average molecular weight is 251 g/mol. The third kappa shape index (κ3) is 3.16. The Morgan fingerprint density at radius 1 is 1.08 bits per heavy atom. The molecule has 0 radical (unpaired) electrons. The molecule has 68 valence electrons. The number of nitrogens with one attached hydrogen (secondary N) is 1. The van der Waals surface area contributed by atoms with E-state index in [0.717, 1.165) is 0 Å². The minimum absolute atomic E-state index is 1.09. The third-order valence-electron chi connectivity index (χ3n) is 2.83. The van der Waals surface area contributed by atoms with Crippen molar-refractivity contribution in [2.24, 2.45) is 0 Å². The maximum absolute atomic E-state index is 3.45. The molecule has 0 bridgehead atoms. The van der Waals surface area contributed by atoms with Gasteiger partial charge in [0.2, 0.25) is 0 Å². The molecule has 1 aromatic rings. The summed E-state index contributed by atoms with van der Waals surface area (Å²) < 4.78 is 4.58. The summed E-state index contributed by atoms with van der Waals surface area (Å²) in [5.74, 6) is 0. The Hall–Kier alpha value is 0.284. The topological polar surface area (TPSA) is 12.0 Å². The predicted octanol–water partition coefficient (Wildman–Crippen LogP) is 2.24.